The lowest BCUT2D eigenvalue weighted by Crippen LogP contribution is -2.53. The fraction of sp³-hybridized carbons (Fsp3) is 0.867. The molecule has 2 unspecified atom stereocenters. The van der Waals surface area contributed by atoms with Crippen molar-refractivity contribution < 1.29 is 9.26 Å². The summed E-state index contributed by atoms with van der Waals surface area (Å²) in [5.74, 6) is 3.27. The zero-order chi connectivity index (χ0) is 13.8. The maximum absolute atomic E-state index is 5.43. The van der Waals surface area contributed by atoms with Crippen LogP contribution in [-0.4, -0.2) is 21.6 Å². The zero-order valence-electron chi connectivity index (χ0n) is 11.9. The molecule has 4 fully saturated rings. The number of methoxy groups -OCH3 is 1. The smallest absolute Gasteiger partial charge is 0.227 e. The Bertz CT molecular complexity index is 502. The van der Waals surface area contributed by atoms with Crippen LogP contribution >= 0.6 is 15.9 Å². The molecule has 0 spiro atoms. The molecule has 0 radical (unpaired) electrons. The van der Waals surface area contributed by atoms with Crippen LogP contribution in [0.1, 0.15) is 50.2 Å². The second kappa shape index (κ2) is 4.54. The molecule has 4 aliphatic carbocycles. The number of aromatic nitrogens is 2. The van der Waals surface area contributed by atoms with Gasteiger partial charge in [-0.3, -0.25) is 0 Å². The largest absolute Gasteiger partial charge is 0.377 e. The molecule has 0 saturated heterocycles. The highest BCUT2D eigenvalue weighted by molar-refractivity contribution is 9.10. The molecule has 0 N–H and O–H groups in total. The minimum absolute atomic E-state index is 0.393. The monoisotopic (exact) mass is 340 g/mol. The van der Waals surface area contributed by atoms with Crippen LogP contribution in [0.4, 0.5) is 0 Å². The Balaban J connectivity index is 1.55. The highest BCUT2D eigenvalue weighted by Gasteiger charge is 2.57. The average Bonchev–Trinajstić information content (AvgIpc) is 2.72. The summed E-state index contributed by atoms with van der Waals surface area (Å²) < 4.78 is 10.9. The molecule has 0 aromatic carbocycles. The molecule has 20 heavy (non-hydrogen) atoms. The molecule has 4 saturated carbocycles. The van der Waals surface area contributed by atoms with Crippen molar-refractivity contribution >= 4 is 15.9 Å². The summed E-state index contributed by atoms with van der Waals surface area (Å²) >= 11 is 4.05. The fourth-order valence-corrected chi connectivity index (χ4v) is 6.92. The number of ether oxygens (including phenoxy) is 1. The molecule has 4 nitrogen and oxygen atoms in total. The van der Waals surface area contributed by atoms with Crippen molar-refractivity contribution in [3.63, 3.8) is 0 Å². The second-order valence-electron chi connectivity index (χ2n) is 7.33. The number of alkyl halides is 1. The number of hydrogen-bond donors (Lipinski definition) is 0. The predicted molar refractivity (Wildman–Crippen MR) is 77.5 cm³/mol. The maximum atomic E-state index is 5.43. The van der Waals surface area contributed by atoms with Crippen LogP contribution in [0, 0.1) is 17.3 Å². The van der Waals surface area contributed by atoms with Crippen LogP contribution < -0.4 is 0 Å². The van der Waals surface area contributed by atoms with E-state index in [1.54, 1.807) is 7.11 Å². The van der Waals surface area contributed by atoms with Crippen LogP contribution in [-0.2, 0) is 17.8 Å². The van der Waals surface area contributed by atoms with Gasteiger partial charge in [0.2, 0.25) is 5.89 Å². The second-order valence-corrected chi connectivity index (χ2v) is 9.01. The van der Waals surface area contributed by atoms with Crippen molar-refractivity contribution in [2.45, 2.75) is 55.9 Å². The van der Waals surface area contributed by atoms with E-state index in [4.69, 9.17) is 9.26 Å². The van der Waals surface area contributed by atoms with E-state index in [0.717, 1.165) is 24.1 Å². The average molecular weight is 341 g/mol. The van der Waals surface area contributed by atoms with Crippen molar-refractivity contribution in [1.82, 2.24) is 10.1 Å². The van der Waals surface area contributed by atoms with Gasteiger partial charge in [0.15, 0.2) is 5.82 Å². The third-order valence-corrected chi connectivity index (χ3v) is 6.35. The van der Waals surface area contributed by atoms with Crippen molar-refractivity contribution in [2.75, 3.05) is 7.11 Å². The molecular weight excluding hydrogens is 320 g/mol. The highest BCUT2D eigenvalue weighted by Crippen LogP contribution is 2.65. The lowest BCUT2D eigenvalue weighted by Gasteiger charge is -2.60. The van der Waals surface area contributed by atoms with E-state index in [0.29, 0.717) is 22.2 Å². The van der Waals surface area contributed by atoms with Crippen molar-refractivity contribution in [3.8, 4) is 0 Å². The Hall–Kier alpha value is -0.420. The quantitative estimate of drug-likeness (QED) is 0.787. The van der Waals surface area contributed by atoms with Gasteiger partial charge in [-0.05, 0) is 55.8 Å². The summed E-state index contributed by atoms with van der Waals surface area (Å²) in [6.45, 7) is 0.435. The maximum Gasteiger partial charge on any atom is 0.227 e. The fourth-order valence-electron chi connectivity index (χ4n) is 5.41. The number of halogens is 1. The van der Waals surface area contributed by atoms with Gasteiger partial charge in [-0.25, -0.2) is 0 Å². The van der Waals surface area contributed by atoms with Gasteiger partial charge in [0, 0.05) is 17.9 Å². The molecule has 0 aliphatic heterocycles. The van der Waals surface area contributed by atoms with E-state index in [1.807, 2.05) is 0 Å². The number of hydrogen-bond acceptors (Lipinski definition) is 4. The van der Waals surface area contributed by atoms with Gasteiger partial charge in [0.1, 0.15) is 6.61 Å². The third-order valence-electron chi connectivity index (χ3n) is 5.42. The van der Waals surface area contributed by atoms with E-state index in [1.165, 1.54) is 38.5 Å². The standard InChI is InChI=1S/C15H21BrN2O2/c1-19-8-12-17-13(20-18-12)7-14-3-10-2-11(4-14)6-15(16,5-10)9-14/h10-11H,2-9H2,1H3. The van der Waals surface area contributed by atoms with E-state index < -0.39 is 0 Å². The summed E-state index contributed by atoms with van der Waals surface area (Å²) in [5.41, 5.74) is 0.393. The van der Waals surface area contributed by atoms with Gasteiger partial charge in [-0.2, -0.15) is 4.98 Å². The molecular formula is C15H21BrN2O2. The van der Waals surface area contributed by atoms with E-state index in [2.05, 4.69) is 26.1 Å². The van der Waals surface area contributed by atoms with E-state index in [9.17, 15) is 0 Å². The van der Waals surface area contributed by atoms with Gasteiger partial charge >= 0.3 is 0 Å². The van der Waals surface area contributed by atoms with Crippen LogP contribution in [0.15, 0.2) is 4.52 Å². The third kappa shape index (κ3) is 2.23. The Labute approximate surface area is 127 Å². The van der Waals surface area contributed by atoms with Gasteiger partial charge in [0.25, 0.3) is 0 Å². The van der Waals surface area contributed by atoms with Crippen LogP contribution in [0.25, 0.3) is 0 Å². The SMILES string of the molecule is COCc1noc(CC23CC4CC(CC(Br)(C4)C2)C3)n1. The first-order valence-corrected chi connectivity index (χ1v) is 8.37. The Morgan fingerprint density at radius 2 is 2.05 bits per heavy atom. The van der Waals surface area contributed by atoms with Gasteiger partial charge < -0.3 is 9.26 Å². The van der Waals surface area contributed by atoms with Crippen LogP contribution in [0.3, 0.4) is 0 Å². The molecule has 1 heterocycles. The Kier molecular flexibility index (Phi) is 3.01. The van der Waals surface area contributed by atoms with E-state index >= 15 is 0 Å². The summed E-state index contributed by atoms with van der Waals surface area (Å²) in [4.78, 5) is 4.48. The molecule has 0 amide bonds. The first kappa shape index (κ1) is 13.3. The summed E-state index contributed by atoms with van der Waals surface area (Å²) in [5, 5.41) is 4.00. The predicted octanol–water partition coefficient (Wildman–Crippen LogP) is 3.49. The summed E-state index contributed by atoms with van der Waals surface area (Å²) in [6.07, 6.45) is 9.08. The van der Waals surface area contributed by atoms with Crippen LogP contribution in [0.5, 0.6) is 0 Å². The zero-order valence-corrected chi connectivity index (χ0v) is 13.5. The normalized spacial score (nSPS) is 42.3. The molecule has 5 rings (SSSR count). The molecule has 1 aromatic heterocycles. The van der Waals surface area contributed by atoms with Crippen molar-refractivity contribution in [2.24, 2.45) is 17.3 Å². The number of nitrogens with zero attached hydrogens (tertiary/aromatic N) is 2. The topological polar surface area (TPSA) is 48.2 Å². The Morgan fingerprint density at radius 3 is 2.70 bits per heavy atom. The first-order valence-electron chi connectivity index (χ1n) is 7.57. The Morgan fingerprint density at radius 1 is 1.30 bits per heavy atom. The molecule has 4 aliphatic rings. The van der Waals surface area contributed by atoms with Gasteiger partial charge in [-0.15, -0.1) is 0 Å². The van der Waals surface area contributed by atoms with E-state index in [-0.39, 0.29) is 0 Å². The van der Waals surface area contributed by atoms with Gasteiger partial charge in [-0.1, -0.05) is 21.1 Å². The van der Waals surface area contributed by atoms with Crippen molar-refractivity contribution in [1.29, 1.82) is 0 Å². The lowest BCUT2D eigenvalue weighted by molar-refractivity contribution is -0.0383. The molecule has 5 heteroatoms. The number of rotatable bonds is 4. The molecule has 110 valence electrons. The lowest BCUT2D eigenvalue weighted by atomic mass is 9.48. The molecule has 4 bridgehead atoms. The van der Waals surface area contributed by atoms with Gasteiger partial charge in [0.05, 0.1) is 0 Å². The minimum atomic E-state index is 0.393. The first-order chi connectivity index (χ1) is 9.58. The van der Waals surface area contributed by atoms with Crippen molar-refractivity contribution in [3.05, 3.63) is 11.7 Å². The summed E-state index contributed by atoms with van der Waals surface area (Å²) in [6, 6.07) is 0. The highest BCUT2D eigenvalue weighted by atomic mass is 79.9. The summed E-state index contributed by atoms with van der Waals surface area (Å²) in [7, 11) is 1.66. The molecule has 1 aromatic rings. The minimum Gasteiger partial charge on any atom is -0.377 e. The molecule has 2 atom stereocenters. The van der Waals surface area contributed by atoms with Crippen LogP contribution in [0.2, 0.25) is 0 Å².